The number of carbonyl (C=O) groups is 1. The van der Waals surface area contributed by atoms with Gasteiger partial charge in [0.1, 0.15) is 0 Å². The molecule has 3 rings (SSSR count). The van der Waals surface area contributed by atoms with E-state index >= 15 is 0 Å². The molecule has 0 radical (unpaired) electrons. The molecule has 0 unspecified atom stereocenters. The number of carbonyl (C=O) groups excluding carboxylic acids is 1. The summed E-state index contributed by atoms with van der Waals surface area (Å²) < 4.78 is 0. The maximum Gasteiger partial charge on any atom is 0.239 e. The monoisotopic (exact) mass is 298 g/mol. The van der Waals surface area contributed by atoms with E-state index in [-0.39, 0.29) is 11.8 Å². The van der Waals surface area contributed by atoms with Crippen molar-refractivity contribution < 1.29 is 4.79 Å². The van der Waals surface area contributed by atoms with Crippen LogP contribution in [0.25, 0.3) is 0 Å². The van der Waals surface area contributed by atoms with Crippen molar-refractivity contribution in [2.45, 2.75) is 12.8 Å². The van der Waals surface area contributed by atoms with Crippen LogP contribution in [0.2, 0.25) is 5.02 Å². The van der Waals surface area contributed by atoms with Crippen LogP contribution in [-0.4, -0.2) is 23.2 Å². The largest absolute Gasteiger partial charge is 0.273 e. The number of benzene rings is 2. The van der Waals surface area contributed by atoms with Gasteiger partial charge in [0.25, 0.3) is 0 Å². The van der Waals surface area contributed by atoms with Gasteiger partial charge in [0.2, 0.25) is 5.91 Å². The molecular weight excluding hydrogens is 284 g/mol. The molecule has 0 saturated carbocycles. The Balaban J connectivity index is 2.01. The van der Waals surface area contributed by atoms with Crippen molar-refractivity contribution in [1.29, 1.82) is 0 Å². The maximum absolute atomic E-state index is 11.7. The second-order valence-electron chi connectivity index (χ2n) is 5.06. The molecule has 1 atom stereocenters. The van der Waals surface area contributed by atoms with Gasteiger partial charge in [-0.25, -0.2) is 5.01 Å². The first kappa shape index (κ1) is 13.8. The number of hydrogen-bond donors (Lipinski definition) is 0. The van der Waals surface area contributed by atoms with Crippen LogP contribution in [0.15, 0.2) is 59.7 Å². The minimum Gasteiger partial charge on any atom is -0.273 e. The Hall–Kier alpha value is -2.13. The minimum absolute atomic E-state index is 0.0418. The Labute approximate surface area is 128 Å². The zero-order valence-corrected chi connectivity index (χ0v) is 12.4. The molecule has 1 aliphatic rings. The molecular formula is C17H15ClN2O. The molecule has 0 saturated heterocycles. The first-order valence-corrected chi connectivity index (χ1v) is 7.20. The van der Waals surface area contributed by atoms with E-state index in [1.54, 1.807) is 0 Å². The van der Waals surface area contributed by atoms with Crippen LogP contribution in [0.3, 0.4) is 0 Å². The third-order valence-electron chi connectivity index (χ3n) is 3.62. The predicted octanol–water partition coefficient (Wildman–Crippen LogP) is 3.69. The molecule has 1 amide bonds. The van der Waals surface area contributed by atoms with Crippen molar-refractivity contribution in [2.24, 2.45) is 5.10 Å². The zero-order valence-electron chi connectivity index (χ0n) is 11.7. The van der Waals surface area contributed by atoms with E-state index in [0.29, 0.717) is 11.6 Å². The lowest BCUT2D eigenvalue weighted by Gasteiger charge is -2.14. The van der Waals surface area contributed by atoms with E-state index in [4.69, 9.17) is 11.6 Å². The second kappa shape index (κ2) is 5.70. The molecule has 2 aromatic rings. The normalized spacial score (nSPS) is 17.7. The van der Waals surface area contributed by atoms with Crippen molar-refractivity contribution in [1.82, 2.24) is 5.01 Å². The highest BCUT2D eigenvalue weighted by molar-refractivity contribution is 6.30. The van der Waals surface area contributed by atoms with Crippen molar-refractivity contribution in [3.63, 3.8) is 0 Å². The lowest BCUT2D eigenvalue weighted by molar-refractivity contribution is -0.128. The maximum atomic E-state index is 11.7. The molecule has 0 N–H and O–H groups in total. The topological polar surface area (TPSA) is 32.7 Å². The summed E-state index contributed by atoms with van der Waals surface area (Å²) in [5, 5.41) is 6.72. The molecule has 2 aromatic carbocycles. The number of halogens is 1. The van der Waals surface area contributed by atoms with Crippen LogP contribution >= 0.6 is 11.6 Å². The molecule has 106 valence electrons. The zero-order chi connectivity index (χ0) is 14.8. The lowest BCUT2D eigenvalue weighted by atomic mass is 9.91. The molecule has 0 aliphatic carbocycles. The first-order chi connectivity index (χ1) is 10.1. The molecule has 0 spiro atoms. The van der Waals surface area contributed by atoms with Crippen LogP contribution < -0.4 is 0 Å². The Bertz CT molecular complexity index is 680. The van der Waals surface area contributed by atoms with E-state index in [1.165, 1.54) is 11.9 Å². The molecule has 0 aromatic heterocycles. The van der Waals surface area contributed by atoms with Crippen molar-refractivity contribution >= 4 is 23.2 Å². The highest BCUT2D eigenvalue weighted by Gasteiger charge is 2.30. The van der Waals surface area contributed by atoms with Gasteiger partial charge in [-0.15, -0.1) is 0 Å². The summed E-state index contributed by atoms with van der Waals surface area (Å²) >= 11 is 5.95. The van der Waals surface area contributed by atoms with E-state index < -0.39 is 0 Å². The third kappa shape index (κ3) is 2.83. The van der Waals surface area contributed by atoms with Gasteiger partial charge in [-0.1, -0.05) is 54.1 Å². The first-order valence-electron chi connectivity index (χ1n) is 6.82. The summed E-state index contributed by atoms with van der Waals surface area (Å²) in [6.45, 7) is 2.12. The molecule has 1 aliphatic heterocycles. The number of hydrazone groups is 1. The Morgan fingerprint density at radius 1 is 1.14 bits per heavy atom. The van der Waals surface area contributed by atoms with Crippen molar-refractivity contribution in [3.8, 4) is 0 Å². The Kier molecular flexibility index (Phi) is 3.76. The van der Waals surface area contributed by atoms with Crippen LogP contribution in [0, 0.1) is 0 Å². The third-order valence-corrected chi connectivity index (χ3v) is 3.87. The average Bonchev–Trinajstić information content (AvgIpc) is 2.94. The summed E-state index contributed by atoms with van der Waals surface area (Å²) in [6.07, 6.45) is 0. The van der Waals surface area contributed by atoms with Crippen LogP contribution in [-0.2, 0) is 4.79 Å². The lowest BCUT2D eigenvalue weighted by Crippen LogP contribution is -2.23. The highest BCUT2D eigenvalue weighted by atomic mass is 35.5. The second-order valence-corrected chi connectivity index (χ2v) is 5.49. The fourth-order valence-corrected chi connectivity index (χ4v) is 2.65. The van der Waals surface area contributed by atoms with Gasteiger partial charge in [0.05, 0.1) is 12.3 Å². The molecule has 21 heavy (non-hydrogen) atoms. The Morgan fingerprint density at radius 3 is 2.43 bits per heavy atom. The van der Waals surface area contributed by atoms with Gasteiger partial charge < -0.3 is 0 Å². The molecule has 0 bridgehead atoms. The van der Waals surface area contributed by atoms with E-state index in [1.807, 2.05) is 42.5 Å². The fraction of sp³-hybridized carbons (Fsp3) is 0.176. The average molecular weight is 299 g/mol. The number of nitrogens with zero attached hydrogens (tertiary/aromatic N) is 2. The van der Waals surface area contributed by atoms with Gasteiger partial charge >= 0.3 is 0 Å². The minimum atomic E-state index is -0.0418. The molecule has 4 heteroatoms. The van der Waals surface area contributed by atoms with Crippen LogP contribution in [0.4, 0.5) is 0 Å². The van der Waals surface area contributed by atoms with Crippen LogP contribution in [0.1, 0.15) is 24.0 Å². The molecule has 1 heterocycles. The fourth-order valence-electron chi connectivity index (χ4n) is 2.53. The Morgan fingerprint density at radius 2 is 1.81 bits per heavy atom. The summed E-state index contributed by atoms with van der Waals surface area (Å²) in [7, 11) is 0. The van der Waals surface area contributed by atoms with Gasteiger partial charge in [0, 0.05) is 17.9 Å². The van der Waals surface area contributed by atoms with Gasteiger partial charge in [-0.3, -0.25) is 4.79 Å². The van der Waals surface area contributed by atoms with Crippen LogP contribution in [0.5, 0.6) is 0 Å². The number of hydrogen-bond acceptors (Lipinski definition) is 2. The quantitative estimate of drug-likeness (QED) is 0.832. The van der Waals surface area contributed by atoms with E-state index in [0.717, 1.165) is 16.8 Å². The summed E-state index contributed by atoms with van der Waals surface area (Å²) in [6, 6.07) is 17.7. The smallest absolute Gasteiger partial charge is 0.239 e. The summed E-state index contributed by atoms with van der Waals surface area (Å²) in [4.78, 5) is 11.7. The van der Waals surface area contributed by atoms with Gasteiger partial charge in [-0.2, -0.15) is 5.10 Å². The molecule has 0 fully saturated rings. The SMILES string of the molecule is CC(=O)N1C[C@H](c2ccccc2)C(c2ccc(Cl)cc2)=N1. The number of rotatable bonds is 2. The molecule has 3 nitrogen and oxygen atoms in total. The van der Waals surface area contributed by atoms with Gasteiger partial charge in [0.15, 0.2) is 0 Å². The summed E-state index contributed by atoms with van der Waals surface area (Å²) in [5.41, 5.74) is 3.07. The standard InChI is InChI=1S/C17H15ClN2O/c1-12(21)20-11-16(13-5-3-2-4-6-13)17(19-20)14-7-9-15(18)10-8-14/h2-10,16H,11H2,1H3/t16-/m1/s1. The number of amides is 1. The van der Waals surface area contributed by atoms with E-state index in [9.17, 15) is 4.79 Å². The van der Waals surface area contributed by atoms with Crippen molar-refractivity contribution in [3.05, 3.63) is 70.7 Å². The van der Waals surface area contributed by atoms with Crippen molar-refractivity contribution in [2.75, 3.05) is 6.54 Å². The predicted molar refractivity (Wildman–Crippen MR) is 84.6 cm³/mol. The van der Waals surface area contributed by atoms with E-state index in [2.05, 4.69) is 17.2 Å². The highest BCUT2D eigenvalue weighted by Crippen LogP contribution is 2.29. The summed E-state index contributed by atoms with van der Waals surface area (Å²) in [5.74, 6) is 0.0520. The van der Waals surface area contributed by atoms with Gasteiger partial charge in [-0.05, 0) is 23.3 Å².